The summed E-state index contributed by atoms with van der Waals surface area (Å²) in [5.74, 6) is 1.33. The first-order chi connectivity index (χ1) is 9.36. The quantitative estimate of drug-likeness (QED) is 0.891. The van der Waals surface area contributed by atoms with Gasteiger partial charge in [-0.2, -0.15) is 0 Å². The van der Waals surface area contributed by atoms with Crippen LogP contribution < -0.4 is 10.1 Å². The highest BCUT2D eigenvalue weighted by molar-refractivity contribution is 5.27. The molecule has 1 saturated carbocycles. The molecule has 1 heterocycles. The minimum absolute atomic E-state index is 0.579. The fourth-order valence-electron chi connectivity index (χ4n) is 2.39. The highest BCUT2D eigenvalue weighted by Crippen LogP contribution is 2.40. The first-order valence-corrected chi connectivity index (χ1v) is 6.65. The van der Waals surface area contributed by atoms with Crippen LogP contribution in [0.25, 0.3) is 0 Å². The van der Waals surface area contributed by atoms with Gasteiger partial charge in [-0.15, -0.1) is 0 Å². The van der Waals surface area contributed by atoms with Gasteiger partial charge >= 0.3 is 0 Å². The molecule has 1 fully saturated rings. The van der Waals surface area contributed by atoms with Crippen LogP contribution >= 0.6 is 0 Å². The van der Waals surface area contributed by atoms with Crippen molar-refractivity contribution in [2.24, 2.45) is 0 Å². The second kappa shape index (κ2) is 5.41. The Balaban J connectivity index is 1.54. The van der Waals surface area contributed by atoms with E-state index in [0.717, 1.165) is 12.2 Å². The predicted octanol–water partition coefficient (Wildman–Crippen LogP) is 2.74. The van der Waals surface area contributed by atoms with Crippen LogP contribution in [0, 0.1) is 0 Å². The van der Waals surface area contributed by atoms with E-state index in [0.29, 0.717) is 17.8 Å². The summed E-state index contributed by atoms with van der Waals surface area (Å²) in [5.41, 5.74) is 2.46. The van der Waals surface area contributed by atoms with E-state index < -0.39 is 0 Å². The number of nitrogens with zero attached hydrogens (tertiary/aromatic N) is 1. The van der Waals surface area contributed by atoms with Gasteiger partial charge in [0.1, 0.15) is 0 Å². The van der Waals surface area contributed by atoms with Crippen LogP contribution in [0.2, 0.25) is 0 Å². The third kappa shape index (κ3) is 2.93. The van der Waals surface area contributed by atoms with Crippen molar-refractivity contribution in [3.63, 3.8) is 0 Å². The van der Waals surface area contributed by atoms with Crippen LogP contribution in [0.4, 0.5) is 0 Å². The second-order valence-electron chi connectivity index (χ2n) is 4.91. The third-order valence-electron chi connectivity index (χ3n) is 3.55. The van der Waals surface area contributed by atoms with Gasteiger partial charge in [-0.1, -0.05) is 36.4 Å². The molecular formula is C16H18N2O. The molecule has 0 aliphatic heterocycles. The number of nitrogens with one attached hydrogen (secondary N) is 1. The first-order valence-electron chi connectivity index (χ1n) is 6.65. The third-order valence-corrected chi connectivity index (χ3v) is 3.55. The Bertz CT molecular complexity index is 541. The summed E-state index contributed by atoms with van der Waals surface area (Å²) in [6.07, 6.45) is 1.22. The van der Waals surface area contributed by atoms with Gasteiger partial charge in [-0.05, 0) is 18.1 Å². The second-order valence-corrected chi connectivity index (χ2v) is 4.91. The summed E-state index contributed by atoms with van der Waals surface area (Å²) in [4.78, 5) is 4.40. The maximum atomic E-state index is 5.13. The van der Waals surface area contributed by atoms with Gasteiger partial charge in [0.05, 0.1) is 12.8 Å². The average Bonchev–Trinajstić information content (AvgIpc) is 3.26. The molecule has 1 aliphatic carbocycles. The minimum atomic E-state index is 0.579. The minimum Gasteiger partial charge on any atom is -0.481 e. The number of methoxy groups -OCH3 is 1. The Morgan fingerprint density at radius 2 is 2.00 bits per heavy atom. The zero-order valence-corrected chi connectivity index (χ0v) is 11.0. The Hall–Kier alpha value is -1.87. The van der Waals surface area contributed by atoms with Gasteiger partial charge in [0, 0.05) is 24.6 Å². The number of rotatable bonds is 5. The number of pyridine rings is 1. The lowest BCUT2D eigenvalue weighted by molar-refractivity contribution is 0.395. The van der Waals surface area contributed by atoms with E-state index in [2.05, 4.69) is 40.6 Å². The lowest BCUT2D eigenvalue weighted by atomic mass is 10.1. The van der Waals surface area contributed by atoms with E-state index in [1.54, 1.807) is 7.11 Å². The van der Waals surface area contributed by atoms with Crippen molar-refractivity contribution >= 4 is 0 Å². The van der Waals surface area contributed by atoms with Gasteiger partial charge in [0.15, 0.2) is 0 Å². The maximum absolute atomic E-state index is 5.13. The Labute approximate surface area is 113 Å². The molecule has 1 aromatic carbocycles. The molecule has 3 nitrogen and oxygen atoms in total. The molecule has 19 heavy (non-hydrogen) atoms. The van der Waals surface area contributed by atoms with Crippen LogP contribution in [-0.2, 0) is 6.54 Å². The number of ether oxygens (including phenoxy) is 1. The average molecular weight is 254 g/mol. The Morgan fingerprint density at radius 1 is 1.16 bits per heavy atom. The molecular weight excluding hydrogens is 236 g/mol. The van der Waals surface area contributed by atoms with E-state index in [1.807, 2.05) is 18.2 Å². The summed E-state index contributed by atoms with van der Waals surface area (Å²) < 4.78 is 5.13. The molecule has 98 valence electrons. The lowest BCUT2D eigenvalue weighted by Crippen LogP contribution is -2.18. The summed E-state index contributed by atoms with van der Waals surface area (Å²) in [6.45, 7) is 0.797. The molecule has 1 N–H and O–H groups in total. The van der Waals surface area contributed by atoms with Crippen molar-refractivity contribution < 1.29 is 4.74 Å². The van der Waals surface area contributed by atoms with Crippen LogP contribution in [0.1, 0.15) is 23.6 Å². The molecule has 2 atom stereocenters. The summed E-state index contributed by atoms with van der Waals surface area (Å²) in [6, 6.07) is 17.1. The summed E-state index contributed by atoms with van der Waals surface area (Å²) >= 11 is 0. The number of hydrogen-bond acceptors (Lipinski definition) is 3. The van der Waals surface area contributed by atoms with E-state index in [-0.39, 0.29) is 0 Å². The Morgan fingerprint density at radius 3 is 2.79 bits per heavy atom. The molecule has 3 heteroatoms. The normalized spacial score (nSPS) is 21.1. The van der Waals surface area contributed by atoms with E-state index in [9.17, 15) is 0 Å². The molecule has 2 unspecified atom stereocenters. The van der Waals surface area contributed by atoms with Crippen LogP contribution in [0.5, 0.6) is 5.88 Å². The molecule has 0 amide bonds. The highest BCUT2D eigenvalue weighted by atomic mass is 16.5. The molecule has 0 spiro atoms. The van der Waals surface area contributed by atoms with Crippen molar-refractivity contribution in [1.29, 1.82) is 0 Å². The van der Waals surface area contributed by atoms with Crippen molar-refractivity contribution in [2.75, 3.05) is 7.11 Å². The smallest absolute Gasteiger partial charge is 0.213 e. The standard InChI is InChI=1S/C16H18N2O/c1-19-16-9-5-8-13(18-16)11-17-15-10-14(15)12-6-3-2-4-7-12/h2-9,14-15,17H,10-11H2,1H3. The van der Waals surface area contributed by atoms with E-state index >= 15 is 0 Å². The Kier molecular flexibility index (Phi) is 3.47. The highest BCUT2D eigenvalue weighted by Gasteiger charge is 2.37. The number of aromatic nitrogens is 1. The molecule has 1 aromatic heterocycles. The SMILES string of the molecule is COc1cccc(CNC2CC2c2ccccc2)n1. The number of hydrogen-bond donors (Lipinski definition) is 1. The van der Waals surface area contributed by atoms with Gasteiger partial charge in [-0.25, -0.2) is 4.98 Å². The van der Waals surface area contributed by atoms with Crippen molar-refractivity contribution in [3.05, 3.63) is 59.8 Å². The van der Waals surface area contributed by atoms with Crippen LogP contribution in [0.15, 0.2) is 48.5 Å². The van der Waals surface area contributed by atoms with Gasteiger partial charge in [0.2, 0.25) is 5.88 Å². The van der Waals surface area contributed by atoms with Gasteiger partial charge in [-0.3, -0.25) is 0 Å². The van der Waals surface area contributed by atoms with Crippen molar-refractivity contribution in [1.82, 2.24) is 10.3 Å². The fraction of sp³-hybridized carbons (Fsp3) is 0.312. The summed E-state index contributed by atoms with van der Waals surface area (Å²) in [5, 5.41) is 3.55. The molecule has 0 radical (unpaired) electrons. The van der Waals surface area contributed by atoms with Crippen LogP contribution in [0.3, 0.4) is 0 Å². The zero-order chi connectivity index (χ0) is 13.1. The predicted molar refractivity (Wildman–Crippen MR) is 75.2 cm³/mol. The molecule has 3 rings (SSSR count). The summed E-state index contributed by atoms with van der Waals surface area (Å²) in [7, 11) is 1.64. The van der Waals surface area contributed by atoms with Crippen molar-refractivity contribution in [3.8, 4) is 5.88 Å². The van der Waals surface area contributed by atoms with Gasteiger partial charge < -0.3 is 10.1 Å². The van der Waals surface area contributed by atoms with Gasteiger partial charge in [0.25, 0.3) is 0 Å². The fourth-order valence-corrected chi connectivity index (χ4v) is 2.39. The lowest BCUT2D eigenvalue weighted by Gasteiger charge is -2.05. The number of benzene rings is 1. The monoisotopic (exact) mass is 254 g/mol. The molecule has 0 bridgehead atoms. The zero-order valence-electron chi connectivity index (χ0n) is 11.0. The largest absolute Gasteiger partial charge is 0.481 e. The van der Waals surface area contributed by atoms with Crippen LogP contribution in [-0.4, -0.2) is 18.1 Å². The van der Waals surface area contributed by atoms with Crippen molar-refractivity contribution in [2.45, 2.75) is 24.9 Å². The van der Waals surface area contributed by atoms with E-state index in [1.165, 1.54) is 12.0 Å². The molecule has 1 aliphatic rings. The first kappa shape index (κ1) is 12.2. The molecule has 2 aromatic rings. The maximum Gasteiger partial charge on any atom is 0.213 e. The van der Waals surface area contributed by atoms with E-state index in [4.69, 9.17) is 4.74 Å². The topological polar surface area (TPSA) is 34.1 Å². The molecule has 0 saturated heterocycles.